The molecule has 116 valence electrons. The van der Waals surface area contributed by atoms with Gasteiger partial charge in [0.25, 0.3) is 11.5 Å². The van der Waals surface area contributed by atoms with Gasteiger partial charge in [0.2, 0.25) is 0 Å². The van der Waals surface area contributed by atoms with E-state index >= 15 is 0 Å². The van der Waals surface area contributed by atoms with Crippen LogP contribution < -0.4 is 16.6 Å². The van der Waals surface area contributed by atoms with Gasteiger partial charge in [-0.1, -0.05) is 30.3 Å². The quantitative estimate of drug-likeness (QED) is 0.824. The number of amides is 1. The highest BCUT2D eigenvalue weighted by Crippen LogP contribution is 2.00. The molecule has 1 amide bonds. The number of hydrogen-bond donors (Lipinski definition) is 2. The average Bonchev–Trinajstić information content (AvgIpc) is 2.50. The van der Waals surface area contributed by atoms with E-state index in [2.05, 4.69) is 10.4 Å². The van der Waals surface area contributed by atoms with Crippen LogP contribution in [0.5, 0.6) is 0 Å². The van der Waals surface area contributed by atoms with E-state index in [-0.39, 0.29) is 23.2 Å². The van der Waals surface area contributed by atoms with Crippen molar-refractivity contribution in [1.82, 2.24) is 15.1 Å². The van der Waals surface area contributed by atoms with Gasteiger partial charge in [-0.05, 0) is 25.0 Å². The number of benzene rings is 1. The lowest BCUT2D eigenvalue weighted by Gasteiger charge is -2.09. The minimum absolute atomic E-state index is 0.0280. The predicted molar refractivity (Wildman–Crippen MR) is 84.6 cm³/mol. The monoisotopic (exact) mass is 300 g/mol. The summed E-state index contributed by atoms with van der Waals surface area (Å²) in [6.07, 6.45) is 0.690. The highest BCUT2D eigenvalue weighted by atomic mass is 16.2. The SMILES string of the molecule is CC(N)CCNC(=O)c1ccc(=O)n(Cc2ccccc2)n1. The van der Waals surface area contributed by atoms with Gasteiger partial charge in [-0.2, -0.15) is 5.10 Å². The van der Waals surface area contributed by atoms with Crippen LogP contribution >= 0.6 is 0 Å². The molecule has 6 heteroatoms. The van der Waals surface area contributed by atoms with Gasteiger partial charge in [0, 0.05) is 18.7 Å². The number of nitrogens with zero attached hydrogens (tertiary/aromatic N) is 2. The molecule has 0 radical (unpaired) electrons. The third-order valence-electron chi connectivity index (χ3n) is 3.16. The third-order valence-corrected chi connectivity index (χ3v) is 3.16. The average molecular weight is 300 g/mol. The topological polar surface area (TPSA) is 90.0 Å². The molecule has 2 aromatic rings. The van der Waals surface area contributed by atoms with Crippen LogP contribution in [0.1, 0.15) is 29.4 Å². The molecule has 0 saturated carbocycles. The van der Waals surface area contributed by atoms with Crippen molar-refractivity contribution in [1.29, 1.82) is 0 Å². The summed E-state index contributed by atoms with van der Waals surface area (Å²) >= 11 is 0. The fraction of sp³-hybridized carbons (Fsp3) is 0.312. The second-order valence-corrected chi connectivity index (χ2v) is 5.22. The molecule has 0 fully saturated rings. The van der Waals surface area contributed by atoms with Crippen molar-refractivity contribution < 1.29 is 4.79 Å². The Morgan fingerprint density at radius 2 is 2.00 bits per heavy atom. The second kappa shape index (κ2) is 7.51. The van der Waals surface area contributed by atoms with Gasteiger partial charge in [-0.3, -0.25) is 9.59 Å². The van der Waals surface area contributed by atoms with E-state index in [0.29, 0.717) is 19.5 Å². The summed E-state index contributed by atoms with van der Waals surface area (Å²) in [5, 5.41) is 6.87. The highest BCUT2D eigenvalue weighted by molar-refractivity contribution is 5.91. The summed E-state index contributed by atoms with van der Waals surface area (Å²) in [4.78, 5) is 23.9. The molecule has 22 heavy (non-hydrogen) atoms. The minimum atomic E-state index is -0.303. The normalized spacial score (nSPS) is 11.9. The van der Waals surface area contributed by atoms with Crippen molar-refractivity contribution in [2.45, 2.75) is 25.9 Å². The molecule has 2 rings (SSSR count). The Morgan fingerprint density at radius 1 is 1.27 bits per heavy atom. The molecule has 0 bridgehead atoms. The Morgan fingerprint density at radius 3 is 2.68 bits per heavy atom. The third kappa shape index (κ3) is 4.53. The zero-order chi connectivity index (χ0) is 15.9. The van der Waals surface area contributed by atoms with Crippen LogP contribution in [0.3, 0.4) is 0 Å². The summed E-state index contributed by atoms with van der Waals surface area (Å²) in [5.41, 5.74) is 6.57. The van der Waals surface area contributed by atoms with Crippen LogP contribution in [0, 0.1) is 0 Å². The molecule has 0 saturated heterocycles. The number of carbonyl (C=O) groups is 1. The van der Waals surface area contributed by atoms with Gasteiger partial charge < -0.3 is 11.1 Å². The number of rotatable bonds is 6. The van der Waals surface area contributed by atoms with Crippen molar-refractivity contribution in [2.75, 3.05) is 6.54 Å². The minimum Gasteiger partial charge on any atom is -0.351 e. The van der Waals surface area contributed by atoms with Crippen LogP contribution in [-0.2, 0) is 6.54 Å². The van der Waals surface area contributed by atoms with E-state index in [0.717, 1.165) is 5.56 Å². The number of hydrogen-bond acceptors (Lipinski definition) is 4. The molecular weight excluding hydrogens is 280 g/mol. The lowest BCUT2D eigenvalue weighted by atomic mass is 10.2. The smallest absolute Gasteiger partial charge is 0.271 e. The van der Waals surface area contributed by atoms with Crippen molar-refractivity contribution in [3.63, 3.8) is 0 Å². The van der Waals surface area contributed by atoms with Gasteiger partial charge in [-0.15, -0.1) is 0 Å². The largest absolute Gasteiger partial charge is 0.351 e. The highest BCUT2D eigenvalue weighted by Gasteiger charge is 2.09. The van der Waals surface area contributed by atoms with Crippen LogP contribution in [0.25, 0.3) is 0 Å². The summed E-state index contributed by atoms with van der Waals surface area (Å²) in [7, 11) is 0. The molecule has 0 spiro atoms. The maximum atomic E-state index is 12.0. The number of nitrogens with two attached hydrogens (primary N) is 1. The van der Waals surface area contributed by atoms with Gasteiger partial charge >= 0.3 is 0 Å². The van der Waals surface area contributed by atoms with E-state index < -0.39 is 0 Å². The molecule has 0 aliphatic heterocycles. The zero-order valence-corrected chi connectivity index (χ0v) is 12.5. The van der Waals surface area contributed by atoms with Crippen molar-refractivity contribution in [3.05, 3.63) is 64.1 Å². The first-order valence-corrected chi connectivity index (χ1v) is 7.22. The summed E-state index contributed by atoms with van der Waals surface area (Å²) in [6, 6.07) is 12.3. The Balaban J connectivity index is 2.09. The summed E-state index contributed by atoms with van der Waals surface area (Å²) in [5.74, 6) is -0.303. The molecule has 1 aromatic carbocycles. The van der Waals surface area contributed by atoms with Crippen molar-refractivity contribution in [2.24, 2.45) is 5.73 Å². The molecule has 6 nitrogen and oxygen atoms in total. The first kappa shape index (κ1) is 15.9. The first-order chi connectivity index (χ1) is 10.6. The van der Waals surface area contributed by atoms with Crippen LogP contribution in [0.15, 0.2) is 47.3 Å². The van der Waals surface area contributed by atoms with Gasteiger partial charge in [0.05, 0.1) is 6.54 Å². The fourth-order valence-corrected chi connectivity index (χ4v) is 1.94. The zero-order valence-electron chi connectivity index (χ0n) is 12.5. The molecule has 0 aliphatic carbocycles. The molecule has 1 unspecified atom stereocenters. The Labute approximate surface area is 129 Å². The van der Waals surface area contributed by atoms with Gasteiger partial charge in [-0.25, -0.2) is 4.68 Å². The maximum absolute atomic E-state index is 12.0. The Bertz CT molecular complexity index is 680. The molecule has 0 aliphatic rings. The molecule has 1 atom stereocenters. The van der Waals surface area contributed by atoms with Crippen LogP contribution in [0.2, 0.25) is 0 Å². The second-order valence-electron chi connectivity index (χ2n) is 5.22. The molecule has 1 aromatic heterocycles. The van der Waals surface area contributed by atoms with Crippen LogP contribution in [0.4, 0.5) is 0 Å². The van der Waals surface area contributed by atoms with E-state index in [4.69, 9.17) is 5.73 Å². The van der Waals surface area contributed by atoms with Crippen molar-refractivity contribution >= 4 is 5.91 Å². The van der Waals surface area contributed by atoms with E-state index in [1.807, 2.05) is 37.3 Å². The summed E-state index contributed by atoms with van der Waals surface area (Å²) < 4.78 is 1.29. The first-order valence-electron chi connectivity index (χ1n) is 7.22. The van der Waals surface area contributed by atoms with Gasteiger partial charge in [0.1, 0.15) is 5.69 Å². The van der Waals surface area contributed by atoms with E-state index in [1.54, 1.807) is 0 Å². The van der Waals surface area contributed by atoms with E-state index in [9.17, 15) is 9.59 Å². The standard InChI is InChI=1S/C16H20N4O2/c1-12(17)9-10-18-16(22)14-7-8-15(21)20(19-14)11-13-5-3-2-4-6-13/h2-8,12H,9-11,17H2,1H3,(H,18,22). The Kier molecular flexibility index (Phi) is 5.43. The van der Waals surface area contributed by atoms with E-state index in [1.165, 1.54) is 16.8 Å². The molecule has 3 N–H and O–H groups in total. The van der Waals surface area contributed by atoms with Gasteiger partial charge in [0.15, 0.2) is 0 Å². The lowest BCUT2D eigenvalue weighted by Crippen LogP contribution is -2.32. The number of aromatic nitrogens is 2. The fourth-order valence-electron chi connectivity index (χ4n) is 1.94. The summed E-state index contributed by atoms with van der Waals surface area (Å²) in [6.45, 7) is 2.70. The number of nitrogens with one attached hydrogen (secondary N) is 1. The maximum Gasteiger partial charge on any atom is 0.271 e. The van der Waals surface area contributed by atoms with Crippen LogP contribution in [-0.4, -0.2) is 28.3 Å². The molecular formula is C16H20N4O2. The molecule has 1 heterocycles. The Hall–Kier alpha value is -2.47. The lowest BCUT2D eigenvalue weighted by molar-refractivity contribution is 0.0945. The predicted octanol–water partition coefficient (Wildman–Crippen LogP) is 0.759. The number of carbonyl (C=O) groups excluding carboxylic acids is 1. The van der Waals surface area contributed by atoms with Crippen molar-refractivity contribution in [3.8, 4) is 0 Å².